The molecule has 0 aliphatic heterocycles. The van der Waals surface area contributed by atoms with E-state index in [9.17, 15) is 9.18 Å². The fraction of sp³-hybridized carbons (Fsp3) is 0.300. The van der Waals surface area contributed by atoms with Gasteiger partial charge in [0.05, 0.1) is 0 Å². The van der Waals surface area contributed by atoms with Gasteiger partial charge in [-0.25, -0.2) is 14.8 Å². The highest BCUT2D eigenvalue weighted by molar-refractivity contribution is 6.00. The third kappa shape index (κ3) is 6.08. The van der Waals surface area contributed by atoms with Crippen LogP contribution in [0.1, 0.15) is 12.1 Å². The van der Waals surface area contributed by atoms with E-state index in [0.29, 0.717) is 16.9 Å². The van der Waals surface area contributed by atoms with Gasteiger partial charge in [-0.1, -0.05) is 6.07 Å². The summed E-state index contributed by atoms with van der Waals surface area (Å²) in [7, 11) is 4.05. The number of carbonyl (C=O) groups is 1. The molecule has 0 atom stereocenters. The number of fused-ring (bicyclic) bond motifs is 1. The second-order valence-electron chi connectivity index (χ2n) is 6.95. The highest BCUT2D eigenvalue weighted by atomic mass is 19.1. The molecule has 0 fully saturated rings. The summed E-state index contributed by atoms with van der Waals surface area (Å²) < 4.78 is 13.3. The summed E-state index contributed by atoms with van der Waals surface area (Å²) in [4.78, 5) is 26.6. The fourth-order valence-electron chi connectivity index (χ4n) is 2.78. The maximum atomic E-state index is 13.3. The van der Waals surface area contributed by atoms with E-state index >= 15 is 0 Å². The van der Waals surface area contributed by atoms with Gasteiger partial charge in [0.15, 0.2) is 0 Å². The third-order valence-corrected chi connectivity index (χ3v) is 4.11. The number of rotatable bonds is 7. The Kier molecular flexibility index (Phi) is 6.50. The Hall–Kier alpha value is -3.33. The number of nitrogens with zero attached hydrogens (tertiary/aromatic N) is 4. The summed E-state index contributed by atoms with van der Waals surface area (Å²) in [5.41, 5.74) is 1.26. The molecule has 0 saturated heterocycles. The number of amides is 2. The van der Waals surface area contributed by atoms with Crippen LogP contribution in [0.3, 0.4) is 0 Å². The Morgan fingerprint density at radius 1 is 1.10 bits per heavy atom. The van der Waals surface area contributed by atoms with Gasteiger partial charge in [-0.2, -0.15) is 9.37 Å². The monoisotopic (exact) mass is 397 g/mol. The van der Waals surface area contributed by atoms with Crippen molar-refractivity contribution in [1.29, 1.82) is 0 Å². The zero-order valence-electron chi connectivity index (χ0n) is 16.7. The first-order valence-electron chi connectivity index (χ1n) is 9.26. The lowest BCUT2D eigenvalue weighted by Crippen LogP contribution is -2.21. The number of carbonyl (C=O) groups excluding carboxylic acids is 1. The van der Waals surface area contributed by atoms with Crippen LogP contribution in [0.5, 0.6) is 0 Å². The molecule has 2 heterocycles. The molecular weight excluding hydrogens is 373 g/mol. The average molecular weight is 397 g/mol. The third-order valence-electron chi connectivity index (χ3n) is 4.11. The predicted molar refractivity (Wildman–Crippen MR) is 113 cm³/mol. The van der Waals surface area contributed by atoms with Crippen molar-refractivity contribution in [3.05, 3.63) is 48.2 Å². The van der Waals surface area contributed by atoms with Crippen molar-refractivity contribution in [3.8, 4) is 0 Å². The molecule has 3 aromatic rings. The van der Waals surface area contributed by atoms with Crippen LogP contribution in [0.4, 0.5) is 26.6 Å². The highest BCUT2D eigenvalue weighted by Crippen LogP contribution is 2.19. The molecule has 2 aromatic heterocycles. The molecular formula is C20H24FN7O. The molecule has 0 aliphatic rings. The van der Waals surface area contributed by atoms with Crippen LogP contribution in [0, 0.1) is 12.9 Å². The van der Waals surface area contributed by atoms with Crippen molar-refractivity contribution in [3.63, 3.8) is 0 Å². The summed E-state index contributed by atoms with van der Waals surface area (Å²) in [6, 6.07) is 7.81. The van der Waals surface area contributed by atoms with E-state index in [-0.39, 0.29) is 5.95 Å². The number of aryl methyl sites for hydroxylation is 1. The molecule has 0 aliphatic carbocycles. The molecule has 9 heteroatoms. The summed E-state index contributed by atoms with van der Waals surface area (Å²) in [5, 5.41) is 10.0. The number of hydrogen-bond donors (Lipinski definition) is 3. The van der Waals surface area contributed by atoms with Gasteiger partial charge in [-0.05, 0) is 51.5 Å². The second-order valence-corrected chi connectivity index (χ2v) is 6.95. The SMILES string of the molecule is Cc1cc(NCCCN(C)C)nc(NC(=O)Nc2ccc3cnc(F)cc3c2)n1. The van der Waals surface area contributed by atoms with Crippen LogP contribution in [0.2, 0.25) is 0 Å². The number of anilines is 3. The molecule has 0 bridgehead atoms. The standard InChI is InChI=1S/C20H24FN7O/c1-13-9-18(22-7-4-8-28(2)3)26-19(24-13)27-20(29)25-16-6-5-14-12-23-17(21)11-15(14)10-16/h5-6,9-12H,4,7-8H2,1-3H3,(H3,22,24,25,26,27,29). The van der Waals surface area contributed by atoms with E-state index in [1.165, 1.54) is 12.3 Å². The lowest BCUT2D eigenvalue weighted by molar-refractivity contribution is 0.262. The minimum absolute atomic E-state index is 0.202. The zero-order chi connectivity index (χ0) is 20.8. The van der Waals surface area contributed by atoms with Gasteiger partial charge in [-0.15, -0.1) is 0 Å². The molecule has 2 amide bonds. The molecule has 152 valence electrons. The summed E-state index contributed by atoms with van der Waals surface area (Å²) >= 11 is 0. The molecule has 0 saturated carbocycles. The number of nitrogens with one attached hydrogen (secondary N) is 3. The number of halogens is 1. The van der Waals surface area contributed by atoms with Crippen molar-refractivity contribution < 1.29 is 9.18 Å². The van der Waals surface area contributed by atoms with Crippen molar-refractivity contribution in [2.75, 3.05) is 43.1 Å². The summed E-state index contributed by atoms with van der Waals surface area (Å²) in [6.45, 7) is 3.57. The number of benzene rings is 1. The van der Waals surface area contributed by atoms with Crippen molar-refractivity contribution >= 4 is 34.3 Å². The number of aromatic nitrogens is 3. The van der Waals surface area contributed by atoms with Gasteiger partial charge in [0.25, 0.3) is 0 Å². The Bertz CT molecular complexity index is 1010. The van der Waals surface area contributed by atoms with Crippen molar-refractivity contribution in [1.82, 2.24) is 19.9 Å². The van der Waals surface area contributed by atoms with E-state index in [4.69, 9.17) is 0 Å². The van der Waals surface area contributed by atoms with E-state index in [1.54, 1.807) is 18.2 Å². The second kappa shape index (κ2) is 9.24. The number of urea groups is 1. The number of pyridine rings is 1. The maximum Gasteiger partial charge on any atom is 0.326 e. The van der Waals surface area contributed by atoms with Gasteiger partial charge < -0.3 is 15.5 Å². The average Bonchev–Trinajstić information content (AvgIpc) is 2.64. The predicted octanol–water partition coefficient (Wildman–Crippen LogP) is 3.48. The van der Waals surface area contributed by atoms with E-state index in [0.717, 1.165) is 30.6 Å². The maximum absolute atomic E-state index is 13.3. The first-order chi connectivity index (χ1) is 13.9. The largest absolute Gasteiger partial charge is 0.370 e. The topological polar surface area (TPSA) is 95.1 Å². The summed E-state index contributed by atoms with van der Waals surface area (Å²) in [6.07, 6.45) is 2.42. The van der Waals surface area contributed by atoms with Gasteiger partial charge in [0.1, 0.15) is 5.82 Å². The first-order valence-corrected chi connectivity index (χ1v) is 9.26. The Labute approximate surface area is 168 Å². The lowest BCUT2D eigenvalue weighted by Gasteiger charge is -2.12. The highest BCUT2D eigenvalue weighted by Gasteiger charge is 2.08. The minimum Gasteiger partial charge on any atom is -0.370 e. The van der Waals surface area contributed by atoms with E-state index < -0.39 is 12.0 Å². The van der Waals surface area contributed by atoms with E-state index in [1.807, 2.05) is 27.1 Å². The summed E-state index contributed by atoms with van der Waals surface area (Å²) in [5.74, 6) is 0.284. The van der Waals surface area contributed by atoms with Crippen LogP contribution in [-0.2, 0) is 0 Å². The molecule has 8 nitrogen and oxygen atoms in total. The Morgan fingerprint density at radius 2 is 1.93 bits per heavy atom. The van der Waals surface area contributed by atoms with Crippen molar-refractivity contribution in [2.45, 2.75) is 13.3 Å². The van der Waals surface area contributed by atoms with Crippen molar-refractivity contribution in [2.24, 2.45) is 0 Å². The van der Waals surface area contributed by atoms with Gasteiger partial charge in [0.2, 0.25) is 11.9 Å². The molecule has 0 unspecified atom stereocenters. The van der Waals surface area contributed by atoms with Crippen LogP contribution in [0.25, 0.3) is 10.8 Å². The quantitative estimate of drug-likeness (QED) is 0.417. The fourth-order valence-corrected chi connectivity index (χ4v) is 2.78. The van der Waals surface area contributed by atoms with Gasteiger partial charge >= 0.3 is 6.03 Å². The molecule has 0 spiro atoms. The minimum atomic E-state index is -0.571. The normalized spacial score (nSPS) is 10.9. The molecule has 1 aromatic carbocycles. The molecule has 29 heavy (non-hydrogen) atoms. The van der Waals surface area contributed by atoms with Crippen LogP contribution in [0.15, 0.2) is 36.5 Å². The molecule has 3 N–H and O–H groups in total. The molecule has 3 rings (SSSR count). The van der Waals surface area contributed by atoms with Gasteiger partial charge in [-0.3, -0.25) is 5.32 Å². The lowest BCUT2D eigenvalue weighted by atomic mass is 10.1. The first kappa shape index (κ1) is 20.4. The van der Waals surface area contributed by atoms with Crippen LogP contribution in [-0.4, -0.2) is 53.1 Å². The number of hydrogen-bond acceptors (Lipinski definition) is 6. The molecule has 0 radical (unpaired) electrons. The van der Waals surface area contributed by atoms with E-state index in [2.05, 4.69) is 35.8 Å². The van der Waals surface area contributed by atoms with Gasteiger partial charge in [0, 0.05) is 41.6 Å². The zero-order valence-corrected chi connectivity index (χ0v) is 16.7. The van der Waals surface area contributed by atoms with Crippen LogP contribution >= 0.6 is 0 Å². The Balaban J connectivity index is 1.62. The van der Waals surface area contributed by atoms with Crippen LogP contribution < -0.4 is 16.0 Å². The Morgan fingerprint density at radius 3 is 2.72 bits per heavy atom. The smallest absolute Gasteiger partial charge is 0.326 e.